The maximum atomic E-state index is 12.6. The van der Waals surface area contributed by atoms with Gasteiger partial charge in [-0.1, -0.05) is 23.7 Å². The lowest BCUT2D eigenvalue weighted by Crippen LogP contribution is -2.24. The van der Waals surface area contributed by atoms with Crippen molar-refractivity contribution < 1.29 is 4.79 Å². The van der Waals surface area contributed by atoms with E-state index in [0.29, 0.717) is 23.7 Å². The molecule has 0 spiro atoms. The smallest absolute Gasteiger partial charge is 0.251 e. The van der Waals surface area contributed by atoms with E-state index in [1.54, 1.807) is 12.3 Å². The molecule has 1 aromatic carbocycles. The zero-order valence-corrected chi connectivity index (χ0v) is 17.8. The Kier molecular flexibility index (Phi) is 6.01. The molecule has 6 nitrogen and oxygen atoms in total. The summed E-state index contributed by atoms with van der Waals surface area (Å²) in [7, 11) is 0. The minimum Gasteiger partial charge on any atom is -0.346 e. The van der Waals surface area contributed by atoms with Crippen molar-refractivity contribution in [3.63, 3.8) is 0 Å². The van der Waals surface area contributed by atoms with Crippen molar-refractivity contribution in [3.05, 3.63) is 68.2 Å². The van der Waals surface area contributed by atoms with Crippen LogP contribution in [0.4, 0.5) is 0 Å². The van der Waals surface area contributed by atoms with Crippen LogP contribution in [0.15, 0.2) is 34.9 Å². The number of nitrogens with zero attached hydrogens (tertiary/aromatic N) is 4. The van der Waals surface area contributed by atoms with Gasteiger partial charge in [0.25, 0.3) is 5.91 Å². The van der Waals surface area contributed by atoms with Gasteiger partial charge in [0.2, 0.25) is 0 Å². The second kappa shape index (κ2) is 8.27. The molecule has 2 aromatic heterocycles. The van der Waals surface area contributed by atoms with E-state index in [9.17, 15) is 4.79 Å². The van der Waals surface area contributed by atoms with Gasteiger partial charge in [-0.2, -0.15) is 10.2 Å². The maximum absolute atomic E-state index is 12.6. The molecule has 0 aliphatic rings. The molecule has 27 heavy (non-hydrogen) atoms. The molecule has 142 valence electrons. The topological polar surface area (TPSA) is 64.7 Å². The zero-order chi connectivity index (χ0) is 19.6. The molecule has 2 heterocycles. The summed E-state index contributed by atoms with van der Waals surface area (Å²) >= 11 is 9.69. The number of aromatic nitrogens is 4. The molecule has 3 aromatic rings. The Hall–Kier alpha value is -2.12. The van der Waals surface area contributed by atoms with E-state index in [-0.39, 0.29) is 5.91 Å². The summed E-state index contributed by atoms with van der Waals surface area (Å²) in [5, 5.41) is 12.4. The summed E-state index contributed by atoms with van der Waals surface area (Å²) < 4.78 is 4.60. The van der Waals surface area contributed by atoms with E-state index in [4.69, 9.17) is 11.6 Å². The van der Waals surface area contributed by atoms with E-state index < -0.39 is 0 Å². The van der Waals surface area contributed by atoms with Crippen LogP contribution in [0.3, 0.4) is 0 Å². The van der Waals surface area contributed by atoms with Gasteiger partial charge in [0.15, 0.2) is 0 Å². The average molecular weight is 451 g/mol. The molecule has 0 fully saturated rings. The third kappa shape index (κ3) is 4.25. The summed E-state index contributed by atoms with van der Waals surface area (Å²) in [6.45, 7) is 7.55. The summed E-state index contributed by atoms with van der Waals surface area (Å²) in [5.74, 6) is -0.126. The molecule has 1 N–H and O–H groups in total. The van der Waals surface area contributed by atoms with Gasteiger partial charge < -0.3 is 5.32 Å². The van der Waals surface area contributed by atoms with Gasteiger partial charge in [-0.15, -0.1) is 0 Å². The third-order valence-corrected chi connectivity index (χ3v) is 5.64. The molecule has 0 unspecified atom stereocenters. The van der Waals surface area contributed by atoms with Crippen molar-refractivity contribution in [1.82, 2.24) is 24.9 Å². The van der Waals surface area contributed by atoms with E-state index >= 15 is 0 Å². The largest absolute Gasteiger partial charge is 0.346 e. The molecule has 0 saturated carbocycles. The summed E-state index contributed by atoms with van der Waals surface area (Å²) in [6, 6.07) is 7.54. The first-order valence-electron chi connectivity index (χ1n) is 8.67. The molecule has 0 saturated heterocycles. The van der Waals surface area contributed by atoms with Crippen LogP contribution in [0.25, 0.3) is 0 Å². The first kappa shape index (κ1) is 19.6. The first-order valence-corrected chi connectivity index (χ1v) is 9.84. The number of aryl methyl sites for hydroxylation is 2. The van der Waals surface area contributed by atoms with E-state index in [0.717, 1.165) is 33.7 Å². The highest BCUT2D eigenvalue weighted by Crippen LogP contribution is 2.20. The predicted octanol–water partition coefficient (Wildman–Crippen LogP) is 4.11. The van der Waals surface area contributed by atoms with Gasteiger partial charge in [-0.05, 0) is 54.4 Å². The third-order valence-electron chi connectivity index (χ3n) is 4.43. The summed E-state index contributed by atoms with van der Waals surface area (Å²) in [6.07, 6.45) is 1.74. The maximum Gasteiger partial charge on any atom is 0.251 e. The lowest BCUT2D eigenvalue weighted by Gasteiger charge is -2.10. The predicted molar refractivity (Wildman–Crippen MR) is 109 cm³/mol. The van der Waals surface area contributed by atoms with Gasteiger partial charge in [0, 0.05) is 12.1 Å². The number of nitrogens with one attached hydrogen (secondary N) is 1. The van der Waals surface area contributed by atoms with Gasteiger partial charge >= 0.3 is 0 Å². The standard InChI is InChI=1S/C19H21BrClN5O/c1-4-25-17(16(20)9-23-25)10-22-19(27)15-7-5-6-14(8-15)11-26-13(3)18(21)12(2)24-26/h5-9H,4,10-11H2,1-3H3,(H,22,27). The molecular formula is C19H21BrClN5O. The van der Waals surface area contributed by atoms with Crippen molar-refractivity contribution in [2.75, 3.05) is 0 Å². The van der Waals surface area contributed by atoms with Crippen molar-refractivity contribution in [1.29, 1.82) is 0 Å². The van der Waals surface area contributed by atoms with Crippen LogP contribution in [-0.2, 0) is 19.6 Å². The molecule has 3 rings (SSSR count). The Bertz CT molecular complexity index is 979. The minimum atomic E-state index is -0.126. The molecule has 1 amide bonds. The molecule has 0 atom stereocenters. The number of rotatable bonds is 6. The molecule has 0 aliphatic carbocycles. The Morgan fingerprint density at radius 1 is 1.30 bits per heavy atom. The van der Waals surface area contributed by atoms with Crippen LogP contribution >= 0.6 is 27.5 Å². The number of benzene rings is 1. The van der Waals surface area contributed by atoms with Gasteiger partial charge in [-0.25, -0.2) is 0 Å². The Morgan fingerprint density at radius 3 is 2.74 bits per heavy atom. The first-order chi connectivity index (χ1) is 12.9. The number of hydrogen-bond acceptors (Lipinski definition) is 3. The SMILES string of the molecule is CCn1ncc(Br)c1CNC(=O)c1cccc(Cn2nc(C)c(Cl)c2C)c1. The van der Waals surface area contributed by atoms with Crippen molar-refractivity contribution in [3.8, 4) is 0 Å². The van der Waals surface area contributed by atoms with E-state index in [1.807, 2.05) is 48.3 Å². The number of amides is 1. The molecule has 0 aliphatic heterocycles. The second-order valence-electron chi connectivity index (χ2n) is 6.28. The van der Waals surface area contributed by atoms with Crippen LogP contribution in [-0.4, -0.2) is 25.5 Å². The van der Waals surface area contributed by atoms with Crippen molar-refractivity contribution in [2.45, 2.75) is 40.4 Å². The van der Waals surface area contributed by atoms with Crippen LogP contribution in [0.5, 0.6) is 0 Å². The Balaban J connectivity index is 1.72. The fraction of sp³-hybridized carbons (Fsp3) is 0.316. The molecule has 8 heteroatoms. The molecule has 0 bridgehead atoms. The molecular weight excluding hydrogens is 430 g/mol. The average Bonchev–Trinajstić information content (AvgIpc) is 3.14. The van der Waals surface area contributed by atoms with Gasteiger partial charge in [-0.3, -0.25) is 14.2 Å². The Morgan fingerprint density at radius 2 is 2.07 bits per heavy atom. The lowest BCUT2D eigenvalue weighted by molar-refractivity contribution is 0.0949. The monoisotopic (exact) mass is 449 g/mol. The highest BCUT2D eigenvalue weighted by molar-refractivity contribution is 9.10. The highest BCUT2D eigenvalue weighted by Gasteiger charge is 2.13. The fourth-order valence-electron chi connectivity index (χ4n) is 2.92. The minimum absolute atomic E-state index is 0.126. The van der Waals surface area contributed by atoms with Crippen molar-refractivity contribution in [2.24, 2.45) is 0 Å². The van der Waals surface area contributed by atoms with Crippen LogP contribution < -0.4 is 5.32 Å². The number of hydrogen-bond donors (Lipinski definition) is 1. The number of halogens is 2. The second-order valence-corrected chi connectivity index (χ2v) is 7.51. The van der Waals surface area contributed by atoms with Crippen LogP contribution in [0, 0.1) is 13.8 Å². The van der Waals surface area contributed by atoms with Gasteiger partial charge in [0.1, 0.15) is 0 Å². The van der Waals surface area contributed by atoms with Crippen LogP contribution in [0.1, 0.15) is 39.9 Å². The van der Waals surface area contributed by atoms with Crippen LogP contribution in [0.2, 0.25) is 5.02 Å². The van der Waals surface area contributed by atoms with E-state index in [2.05, 4.69) is 31.4 Å². The molecule has 0 radical (unpaired) electrons. The van der Waals surface area contributed by atoms with Gasteiger partial charge in [0.05, 0.1) is 45.9 Å². The summed E-state index contributed by atoms with van der Waals surface area (Å²) in [5.41, 5.74) is 4.27. The Labute approximate surface area is 171 Å². The number of carbonyl (C=O) groups is 1. The van der Waals surface area contributed by atoms with E-state index in [1.165, 1.54) is 0 Å². The lowest BCUT2D eigenvalue weighted by atomic mass is 10.1. The fourth-order valence-corrected chi connectivity index (χ4v) is 3.49. The normalized spacial score (nSPS) is 11.0. The zero-order valence-electron chi connectivity index (χ0n) is 15.5. The quantitative estimate of drug-likeness (QED) is 0.614. The van der Waals surface area contributed by atoms with Crippen molar-refractivity contribution >= 4 is 33.4 Å². The summed E-state index contributed by atoms with van der Waals surface area (Å²) in [4.78, 5) is 12.6. The highest BCUT2D eigenvalue weighted by atomic mass is 79.9. The number of carbonyl (C=O) groups excluding carboxylic acids is 1.